The molecule has 0 aromatic heterocycles. The number of Topliss-reactive ketones (excluding diaryl/α,β-unsaturated/α-hetero) is 1. The van der Waals surface area contributed by atoms with Crippen LogP contribution in [-0.2, 0) is 4.79 Å². The largest absolute Gasteiger partial charge is 0.293 e. The van der Waals surface area contributed by atoms with E-state index in [0.717, 1.165) is 6.07 Å². The van der Waals surface area contributed by atoms with Crippen LogP contribution in [0.3, 0.4) is 0 Å². The first-order valence-electron chi connectivity index (χ1n) is 6.82. The van der Waals surface area contributed by atoms with E-state index in [0.29, 0.717) is 11.4 Å². The summed E-state index contributed by atoms with van der Waals surface area (Å²) in [4.78, 5) is 25.0. The van der Waals surface area contributed by atoms with Crippen molar-refractivity contribution >= 4 is 23.1 Å². The van der Waals surface area contributed by atoms with Gasteiger partial charge in [0.15, 0.2) is 5.78 Å². The summed E-state index contributed by atoms with van der Waals surface area (Å²) in [6.07, 6.45) is 0. The summed E-state index contributed by atoms with van der Waals surface area (Å²) in [5.74, 6) is -2.37. The molecule has 1 atom stereocenters. The van der Waals surface area contributed by atoms with E-state index in [1.165, 1.54) is 23.2 Å². The number of hydrogen-bond donors (Lipinski definition) is 0. The molecule has 1 heterocycles. The van der Waals surface area contributed by atoms with Crippen LogP contribution in [0.1, 0.15) is 17.3 Å². The highest BCUT2D eigenvalue weighted by Gasteiger charge is 2.39. The van der Waals surface area contributed by atoms with Crippen LogP contribution in [0.5, 0.6) is 0 Å². The molecule has 0 saturated carbocycles. The van der Waals surface area contributed by atoms with Gasteiger partial charge in [0.05, 0.1) is 11.4 Å². The Kier molecular flexibility index (Phi) is 3.55. The van der Waals surface area contributed by atoms with Crippen LogP contribution in [0.4, 0.5) is 10.1 Å². The van der Waals surface area contributed by atoms with E-state index >= 15 is 0 Å². The highest BCUT2D eigenvalue weighted by Crippen LogP contribution is 2.26. The molecule has 110 valence electrons. The average molecular weight is 296 g/mol. The maximum atomic E-state index is 13.3. The summed E-state index contributed by atoms with van der Waals surface area (Å²) < 4.78 is 13.3. The number of carbonyl (C=O) groups is 2. The fourth-order valence-corrected chi connectivity index (χ4v) is 2.43. The molecule has 0 spiro atoms. The highest BCUT2D eigenvalue weighted by molar-refractivity contribution is 6.30. The first-order chi connectivity index (χ1) is 10.6. The van der Waals surface area contributed by atoms with Crippen LogP contribution in [0.25, 0.3) is 0 Å². The summed E-state index contributed by atoms with van der Waals surface area (Å²) in [6, 6.07) is 14.2. The second-order valence-corrected chi connectivity index (χ2v) is 5.03. The van der Waals surface area contributed by atoms with E-state index in [1.807, 2.05) is 6.07 Å². The number of nitrogens with zero attached hydrogens (tertiary/aromatic N) is 2. The molecule has 0 unspecified atom stereocenters. The molecular weight excluding hydrogens is 283 g/mol. The molecule has 5 heteroatoms. The Hall–Kier alpha value is -2.82. The lowest BCUT2D eigenvalue weighted by Gasteiger charge is -2.13. The zero-order valence-electron chi connectivity index (χ0n) is 11.9. The zero-order valence-corrected chi connectivity index (χ0v) is 11.9. The third kappa shape index (κ3) is 2.41. The molecule has 1 amide bonds. The summed E-state index contributed by atoms with van der Waals surface area (Å²) in [5.41, 5.74) is 1.17. The Labute approximate surface area is 126 Å². The number of carbonyl (C=O) groups excluding carboxylic acids is 2. The molecule has 0 fully saturated rings. The summed E-state index contributed by atoms with van der Waals surface area (Å²) in [6.45, 7) is 1.63. The molecule has 3 rings (SSSR count). The second kappa shape index (κ2) is 5.52. The van der Waals surface area contributed by atoms with E-state index in [9.17, 15) is 14.0 Å². The summed E-state index contributed by atoms with van der Waals surface area (Å²) in [5, 5.41) is 5.40. The number of benzene rings is 2. The van der Waals surface area contributed by atoms with Crippen LogP contribution in [0.2, 0.25) is 0 Å². The predicted molar refractivity (Wildman–Crippen MR) is 81.3 cm³/mol. The fourth-order valence-electron chi connectivity index (χ4n) is 2.43. The van der Waals surface area contributed by atoms with Crippen molar-refractivity contribution in [2.24, 2.45) is 11.0 Å². The van der Waals surface area contributed by atoms with Crippen LogP contribution in [0.15, 0.2) is 59.7 Å². The maximum Gasteiger partial charge on any atom is 0.264 e. The quantitative estimate of drug-likeness (QED) is 0.645. The lowest BCUT2D eigenvalue weighted by atomic mass is 9.93. The third-order valence-corrected chi connectivity index (χ3v) is 3.50. The monoisotopic (exact) mass is 296 g/mol. The average Bonchev–Trinajstić information content (AvgIpc) is 2.82. The normalized spacial score (nSPS) is 17.5. The van der Waals surface area contributed by atoms with Crippen molar-refractivity contribution in [2.45, 2.75) is 6.92 Å². The van der Waals surface area contributed by atoms with Gasteiger partial charge in [-0.1, -0.05) is 30.3 Å². The molecule has 0 N–H and O–H groups in total. The van der Waals surface area contributed by atoms with Crippen molar-refractivity contribution in [3.63, 3.8) is 0 Å². The Morgan fingerprint density at radius 1 is 1.14 bits per heavy atom. The standard InChI is InChI=1S/C17H13FN2O2/c1-11-15(16(21)12-6-5-7-13(18)10-12)17(22)20(19-11)14-8-3-2-4-9-14/h2-10,15H,1H3/t15-/m1/s1. The number of para-hydroxylation sites is 1. The van der Waals surface area contributed by atoms with Crippen LogP contribution < -0.4 is 5.01 Å². The number of hydrogen-bond acceptors (Lipinski definition) is 3. The van der Waals surface area contributed by atoms with Gasteiger partial charge in [0.1, 0.15) is 11.7 Å². The Balaban J connectivity index is 1.92. The molecule has 0 radical (unpaired) electrons. The number of amides is 1. The molecule has 2 aromatic carbocycles. The third-order valence-electron chi connectivity index (χ3n) is 3.50. The molecule has 1 aliphatic rings. The fraction of sp³-hybridized carbons (Fsp3) is 0.118. The van der Waals surface area contributed by atoms with Crippen LogP contribution in [-0.4, -0.2) is 17.4 Å². The van der Waals surface area contributed by atoms with Crippen molar-refractivity contribution in [1.29, 1.82) is 0 Å². The number of halogens is 1. The molecule has 4 nitrogen and oxygen atoms in total. The molecule has 0 aliphatic carbocycles. The van der Waals surface area contributed by atoms with Gasteiger partial charge in [0.25, 0.3) is 5.91 Å². The Morgan fingerprint density at radius 3 is 2.55 bits per heavy atom. The molecule has 2 aromatic rings. The number of hydrazone groups is 1. The smallest absolute Gasteiger partial charge is 0.264 e. The van der Waals surface area contributed by atoms with Crippen molar-refractivity contribution in [3.8, 4) is 0 Å². The number of ketones is 1. The van der Waals surface area contributed by atoms with Gasteiger partial charge in [-0.2, -0.15) is 10.1 Å². The first-order valence-corrected chi connectivity index (χ1v) is 6.82. The minimum atomic E-state index is -0.998. The summed E-state index contributed by atoms with van der Waals surface area (Å²) >= 11 is 0. The van der Waals surface area contributed by atoms with Gasteiger partial charge >= 0.3 is 0 Å². The van der Waals surface area contributed by atoms with Crippen LogP contribution in [0, 0.1) is 11.7 Å². The van der Waals surface area contributed by atoms with Gasteiger partial charge in [0, 0.05) is 5.56 Å². The van der Waals surface area contributed by atoms with Gasteiger partial charge in [-0.3, -0.25) is 9.59 Å². The molecule has 1 aliphatic heterocycles. The van der Waals surface area contributed by atoms with Gasteiger partial charge in [-0.25, -0.2) is 4.39 Å². The Bertz CT molecular complexity index is 771. The second-order valence-electron chi connectivity index (χ2n) is 5.03. The van der Waals surface area contributed by atoms with E-state index in [4.69, 9.17) is 0 Å². The number of anilines is 1. The first kappa shape index (κ1) is 14.1. The lowest BCUT2D eigenvalue weighted by Crippen LogP contribution is -2.32. The van der Waals surface area contributed by atoms with Gasteiger partial charge < -0.3 is 0 Å². The van der Waals surface area contributed by atoms with Crippen molar-refractivity contribution < 1.29 is 14.0 Å². The molecular formula is C17H13FN2O2. The zero-order chi connectivity index (χ0) is 15.7. The highest BCUT2D eigenvalue weighted by atomic mass is 19.1. The SMILES string of the molecule is CC1=NN(c2ccccc2)C(=O)[C@H]1C(=O)c1cccc(F)c1. The van der Waals surface area contributed by atoms with Gasteiger partial charge in [0.2, 0.25) is 0 Å². The van der Waals surface area contributed by atoms with E-state index in [1.54, 1.807) is 31.2 Å². The van der Waals surface area contributed by atoms with Crippen molar-refractivity contribution in [1.82, 2.24) is 0 Å². The molecule has 0 bridgehead atoms. The maximum absolute atomic E-state index is 13.3. The number of rotatable bonds is 3. The predicted octanol–water partition coefficient (Wildman–Crippen LogP) is 3.05. The molecule has 0 saturated heterocycles. The van der Waals surface area contributed by atoms with Gasteiger partial charge in [-0.15, -0.1) is 0 Å². The van der Waals surface area contributed by atoms with Gasteiger partial charge in [-0.05, 0) is 31.2 Å². The van der Waals surface area contributed by atoms with Crippen molar-refractivity contribution in [3.05, 3.63) is 66.0 Å². The van der Waals surface area contributed by atoms with E-state index in [2.05, 4.69) is 5.10 Å². The Morgan fingerprint density at radius 2 is 1.86 bits per heavy atom. The van der Waals surface area contributed by atoms with E-state index in [-0.39, 0.29) is 5.56 Å². The lowest BCUT2D eigenvalue weighted by molar-refractivity contribution is -0.118. The topological polar surface area (TPSA) is 49.7 Å². The van der Waals surface area contributed by atoms with Crippen molar-refractivity contribution in [2.75, 3.05) is 5.01 Å². The minimum absolute atomic E-state index is 0.169. The minimum Gasteiger partial charge on any atom is -0.293 e. The van der Waals surface area contributed by atoms with E-state index < -0.39 is 23.4 Å². The summed E-state index contributed by atoms with van der Waals surface area (Å²) in [7, 11) is 0. The molecule has 22 heavy (non-hydrogen) atoms. The van der Waals surface area contributed by atoms with Crippen LogP contribution >= 0.6 is 0 Å².